The molecule has 0 heterocycles. The zero-order valence-corrected chi connectivity index (χ0v) is 18.9. The lowest BCUT2D eigenvalue weighted by atomic mass is 10.1. The van der Waals surface area contributed by atoms with E-state index in [1.54, 1.807) is 55.5 Å². The second kappa shape index (κ2) is 11.1. The molecule has 2 rings (SSSR count). The van der Waals surface area contributed by atoms with Gasteiger partial charge in [-0.1, -0.05) is 19.1 Å². The average Bonchev–Trinajstić information content (AvgIpc) is 2.75. The number of hydrogen-bond donors (Lipinski definition) is 1. The molecule has 2 aromatic rings. The summed E-state index contributed by atoms with van der Waals surface area (Å²) in [4.78, 5) is 14.5. The van der Waals surface area contributed by atoms with Crippen LogP contribution < -0.4 is 10.1 Å². The van der Waals surface area contributed by atoms with E-state index in [4.69, 9.17) is 4.74 Å². The molecule has 0 spiro atoms. The van der Waals surface area contributed by atoms with Crippen LogP contribution in [-0.4, -0.2) is 64.4 Å². The summed E-state index contributed by atoms with van der Waals surface area (Å²) < 4.78 is 32.4. The third kappa shape index (κ3) is 6.55. The van der Waals surface area contributed by atoms with Crippen LogP contribution in [0.1, 0.15) is 29.3 Å². The predicted octanol–water partition coefficient (Wildman–Crippen LogP) is 2.59. The molecule has 2 aromatic carbocycles. The van der Waals surface area contributed by atoms with E-state index in [1.807, 2.05) is 14.1 Å². The zero-order chi connectivity index (χ0) is 22.1. The maximum absolute atomic E-state index is 13.0. The minimum atomic E-state index is -3.63. The lowest BCUT2D eigenvalue weighted by molar-refractivity contribution is 0.0952. The van der Waals surface area contributed by atoms with Crippen LogP contribution in [0, 0.1) is 0 Å². The quantitative estimate of drug-likeness (QED) is 0.551. The molecule has 8 heteroatoms. The number of ether oxygens (including phenoxy) is 1. The molecule has 0 aromatic heterocycles. The van der Waals surface area contributed by atoms with Crippen LogP contribution >= 0.6 is 0 Å². The topological polar surface area (TPSA) is 79.0 Å². The van der Waals surface area contributed by atoms with Crippen molar-refractivity contribution in [2.75, 3.05) is 40.8 Å². The number of methoxy groups -OCH3 is 1. The lowest BCUT2D eigenvalue weighted by Crippen LogP contribution is -2.30. The largest absolute Gasteiger partial charge is 0.497 e. The van der Waals surface area contributed by atoms with Gasteiger partial charge in [-0.25, -0.2) is 8.42 Å². The Labute approximate surface area is 179 Å². The highest BCUT2D eigenvalue weighted by molar-refractivity contribution is 7.89. The molecule has 0 saturated carbocycles. The van der Waals surface area contributed by atoms with Gasteiger partial charge >= 0.3 is 0 Å². The smallest absolute Gasteiger partial charge is 0.251 e. The summed E-state index contributed by atoms with van der Waals surface area (Å²) in [6, 6.07) is 13.4. The summed E-state index contributed by atoms with van der Waals surface area (Å²) in [5.74, 6) is 0.478. The monoisotopic (exact) mass is 433 g/mol. The standard InChI is InChI=1S/C22H31N3O4S/c1-5-25(30(27,28)21-13-11-20(29-4)12-14-21)17-18-7-9-19(10-8-18)22(26)23-15-6-16-24(2)3/h7-14H,5-6,15-17H2,1-4H3,(H,23,26). The molecule has 30 heavy (non-hydrogen) atoms. The summed E-state index contributed by atoms with van der Waals surface area (Å²) in [7, 11) is 1.90. The summed E-state index contributed by atoms with van der Waals surface area (Å²) in [6.07, 6.45) is 0.880. The maximum atomic E-state index is 13.0. The van der Waals surface area contributed by atoms with Crippen LogP contribution in [0.15, 0.2) is 53.4 Å². The molecule has 0 saturated heterocycles. The number of carbonyl (C=O) groups excluding carboxylic acids is 1. The van der Waals surface area contributed by atoms with Crippen molar-refractivity contribution in [2.24, 2.45) is 0 Å². The van der Waals surface area contributed by atoms with Crippen molar-refractivity contribution in [1.29, 1.82) is 0 Å². The van der Waals surface area contributed by atoms with Crippen LogP contribution in [0.3, 0.4) is 0 Å². The molecule has 1 N–H and O–H groups in total. The Balaban J connectivity index is 2.02. The Kier molecular flexibility index (Phi) is 8.83. The van der Waals surface area contributed by atoms with Crippen molar-refractivity contribution in [3.8, 4) is 5.75 Å². The number of nitrogens with one attached hydrogen (secondary N) is 1. The first-order chi connectivity index (χ1) is 14.3. The Morgan fingerprint density at radius 3 is 2.20 bits per heavy atom. The van der Waals surface area contributed by atoms with Gasteiger partial charge in [0.15, 0.2) is 0 Å². The van der Waals surface area contributed by atoms with Gasteiger partial charge in [-0.2, -0.15) is 4.31 Å². The fourth-order valence-corrected chi connectivity index (χ4v) is 4.37. The van der Waals surface area contributed by atoms with Gasteiger partial charge in [0.1, 0.15) is 5.75 Å². The second-order valence-electron chi connectivity index (χ2n) is 7.22. The van der Waals surface area contributed by atoms with Gasteiger partial charge in [0.05, 0.1) is 12.0 Å². The number of carbonyl (C=O) groups is 1. The molecule has 1 amide bonds. The molecular weight excluding hydrogens is 402 g/mol. The Morgan fingerprint density at radius 2 is 1.67 bits per heavy atom. The van der Waals surface area contributed by atoms with Gasteiger partial charge < -0.3 is 15.0 Å². The van der Waals surface area contributed by atoms with Gasteiger partial charge in [-0.05, 0) is 69.0 Å². The summed E-state index contributed by atoms with van der Waals surface area (Å²) in [5, 5.41) is 2.90. The minimum Gasteiger partial charge on any atom is -0.497 e. The highest BCUT2D eigenvalue weighted by Crippen LogP contribution is 2.21. The van der Waals surface area contributed by atoms with Crippen molar-refractivity contribution in [3.05, 3.63) is 59.7 Å². The molecule has 0 bridgehead atoms. The SMILES string of the molecule is CCN(Cc1ccc(C(=O)NCCCN(C)C)cc1)S(=O)(=O)c1ccc(OC)cc1. The lowest BCUT2D eigenvalue weighted by Gasteiger charge is -2.21. The molecule has 0 radical (unpaired) electrons. The normalized spacial score (nSPS) is 11.7. The first-order valence-electron chi connectivity index (χ1n) is 9.94. The molecule has 0 unspecified atom stereocenters. The van der Waals surface area contributed by atoms with E-state index < -0.39 is 10.0 Å². The van der Waals surface area contributed by atoms with Gasteiger partial charge in [-0.15, -0.1) is 0 Å². The first kappa shape index (κ1) is 23.9. The van der Waals surface area contributed by atoms with Gasteiger partial charge in [0.2, 0.25) is 10.0 Å². The van der Waals surface area contributed by atoms with Crippen LogP contribution in [-0.2, 0) is 16.6 Å². The molecular formula is C22H31N3O4S. The van der Waals surface area contributed by atoms with Crippen LogP contribution in [0.25, 0.3) is 0 Å². The average molecular weight is 434 g/mol. The van der Waals surface area contributed by atoms with E-state index in [0.717, 1.165) is 18.5 Å². The number of hydrogen-bond acceptors (Lipinski definition) is 5. The van der Waals surface area contributed by atoms with Crippen molar-refractivity contribution in [1.82, 2.24) is 14.5 Å². The number of benzene rings is 2. The van der Waals surface area contributed by atoms with Gasteiger partial charge in [-0.3, -0.25) is 4.79 Å². The van der Waals surface area contributed by atoms with E-state index in [1.165, 1.54) is 11.4 Å². The number of nitrogens with zero attached hydrogens (tertiary/aromatic N) is 2. The molecule has 0 fully saturated rings. The van der Waals surface area contributed by atoms with Crippen molar-refractivity contribution < 1.29 is 17.9 Å². The van der Waals surface area contributed by atoms with E-state index in [0.29, 0.717) is 24.4 Å². The Bertz CT molecular complexity index is 910. The second-order valence-corrected chi connectivity index (χ2v) is 9.15. The van der Waals surface area contributed by atoms with Crippen molar-refractivity contribution in [3.63, 3.8) is 0 Å². The van der Waals surface area contributed by atoms with Crippen molar-refractivity contribution in [2.45, 2.75) is 24.8 Å². The first-order valence-corrected chi connectivity index (χ1v) is 11.4. The molecule has 0 aliphatic rings. The Morgan fingerprint density at radius 1 is 1.03 bits per heavy atom. The summed E-state index contributed by atoms with van der Waals surface area (Å²) >= 11 is 0. The fraction of sp³-hybridized carbons (Fsp3) is 0.409. The molecule has 0 aliphatic heterocycles. The van der Waals surface area contributed by atoms with Crippen LogP contribution in [0.5, 0.6) is 5.75 Å². The number of amides is 1. The number of rotatable bonds is 11. The molecule has 7 nitrogen and oxygen atoms in total. The highest BCUT2D eigenvalue weighted by atomic mass is 32.2. The molecule has 0 aliphatic carbocycles. The van der Waals surface area contributed by atoms with Crippen LogP contribution in [0.4, 0.5) is 0 Å². The minimum absolute atomic E-state index is 0.126. The maximum Gasteiger partial charge on any atom is 0.251 e. The Hall–Kier alpha value is -2.42. The predicted molar refractivity (Wildman–Crippen MR) is 118 cm³/mol. The van der Waals surface area contributed by atoms with E-state index in [2.05, 4.69) is 10.2 Å². The third-order valence-electron chi connectivity index (χ3n) is 4.69. The fourth-order valence-electron chi connectivity index (χ4n) is 2.93. The van der Waals surface area contributed by atoms with E-state index in [-0.39, 0.29) is 17.3 Å². The van der Waals surface area contributed by atoms with Gasteiger partial charge in [0, 0.05) is 25.2 Å². The highest BCUT2D eigenvalue weighted by Gasteiger charge is 2.23. The summed E-state index contributed by atoms with van der Waals surface area (Å²) in [5.41, 5.74) is 1.38. The van der Waals surface area contributed by atoms with E-state index >= 15 is 0 Å². The van der Waals surface area contributed by atoms with Crippen molar-refractivity contribution >= 4 is 15.9 Å². The van der Waals surface area contributed by atoms with E-state index in [9.17, 15) is 13.2 Å². The van der Waals surface area contributed by atoms with Gasteiger partial charge in [0.25, 0.3) is 5.91 Å². The molecule has 0 atom stereocenters. The zero-order valence-electron chi connectivity index (χ0n) is 18.1. The summed E-state index contributed by atoms with van der Waals surface area (Å²) in [6.45, 7) is 3.89. The molecule has 164 valence electrons. The van der Waals surface area contributed by atoms with Crippen LogP contribution in [0.2, 0.25) is 0 Å². The third-order valence-corrected chi connectivity index (χ3v) is 6.63. The number of sulfonamides is 1.